The molecule has 0 radical (unpaired) electrons. The van der Waals surface area contributed by atoms with Crippen molar-refractivity contribution in [3.8, 4) is 0 Å². The molecule has 7 nitrogen and oxygen atoms in total. The number of hydrogen-bond acceptors (Lipinski definition) is 7. The van der Waals surface area contributed by atoms with Crippen LogP contribution in [0.5, 0.6) is 0 Å². The number of hydrogen-bond donors (Lipinski definition) is 0. The number of ether oxygens (including phenoxy) is 1. The molecule has 0 bridgehead atoms. The van der Waals surface area contributed by atoms with Gasteiger partial charge in [-0.2, -0.15) is 0 Å². The molecule has 132 valence electrons. The van der Waals surface area contributed by atoms with Gasteiger partial charge in [0, 0.05) is 42.9 Å². The van der Waals surface area contributed by atoms with Crippen LogP contribution in [0.4, 0.5) is 11.6 Å². The van der Waals surface area contributed by atoms with Gasteiger partial charge in [0.25, 0.3) is 0 Å². The molecular weight excluding hydrogens is 316 g/mol. The summed E-state index contributed by atoms with van der Waals surface area (Å²) in [6.45, 7) is 11.2. The van der Waals surface area contributed by atoms with Crippen LogP contribution < -0.4 is 9.80 Å². The Bertz CT molecular complexity index is 766. The van der Waals surface area contributed by atoms with Crippen LogP contribution in [0.1, 0.15) is 37.9 Å². The van der Waals surface area contributed by atoms with E-state index >= 15 is 0 Å². The first-order valence-electron chi connectivity index (χ1n) is 8.76. The van der Waals surface area contributed by atoms with Gasteiger partial charge in [0.2, 0.25) is 0 Å². The molecule has 0 aliphatic carbocycles. The monoisotopic (exact) mass is 340 g/mol. The first kappa shape index (κ1) is 16.2. The van der Waals surface area contributed by atoms with Crippen molar-refractivity contribution in [3.05, 3.63) is 35.7 Å². The van der Waals surface area contributed by atoms with Crippen molar-refractivity contribution in [2.75, 3.05) is 36.1 Å². The molecule has 0 aromatic carbocycles. The summed E-state index contributed by atoms with van der Waals surface area (Å²) in [6.07, 6.45) is 3.61. The fraction of sp³-hybridized carbons (Fsp3) is 0.556. The van der Waals surface area contributed by atoms with Gasteiger partial charge < -0.3 is 14.5 Å². The van der Waals surface area contributed by atoms with E-state index in [0.717, 1.165) is 62.5 Å². The molecule has 1 saturated heterocycles. The van der Waals surface area contributed by atoms with Crippen LogP contribution >= 0.6 is 0 Å². The third-order valence-corrected chi connectivity index (χ3v) is 4.62. The van der Waals surface area contributed by atoms with Crippen LogP contribution in [0.3, 0.4) is 0 Å². The van der Waals surface area contributed by atoms with Crippen LogP contribution in [-0.4, -0.2) is 46.2 Å². The van der Waals surface area contributed by atoms with Gasteiger partial charge in [0.05, 0.1) is 25.5 Å². The van der Waals surface area contributed by atoms with Gasteiger partial charge in [0.15, 0.2) is 0 Å². The molecule has 0 amide bonds. The number of fused-ring (bicyclic) bond motifs is 1. The second kappa shape index (κ2) is 6.22. The Morgan fingerprint density at radius 2 is 1.68 bits per heavy atom. The second-order valence-corrected chi connectivity index (χ2v) is 7.61. The fourth-order valence-electron chi connectivity index (χ4n) is 3.15. The number of nitrogens with zero attached hydrogens (tertiary/aromatic N) is 6. The molecule has 7 heteroatoms. The molecule has 2 aliphatic rings. The number of rotatable bonds is 2. The molecular formula is C18H24N6O. The Labute approximate surface area is 148 Å². The van der Waals surface area contributed by atoms with Crippen molar-refractivity contribution >= 4 is 11.6 Å². The quantitative estimate of drug-likeness (QED) is 0.827. The lowest BCUT2D eigenvalue weighted by molar-refractivity contribution is 0.122. The molecule has 2 aliphatic heterocycles. The highest BCUT2D eigenvalue weighted by Crippen LogP contribution is 2.28. The Kier molecular flexibility index (Phi) is 4.03. The Morgan fingerprint density at radius 1 is 0.960 bits per heavy atom. The molecule has 2 aromatic rings. The van der Waals surface area contributed by atoms with Gasteiger partial charge in [-0.1, -0.05) is 20.8 Å². The summed E-state index contributed by atoms with van der Waals surface area (Å²) in [5.41, 5.74) is 2.24. The third kappa shape index (κ3) is 3.28. The zero-order valence-electron chi connectivity index (χ0n) is 15.1. The number of morpholine rings is 1. The minimum absolute atomic E-state index is 0.0408. The predicted octanol–water partition coefficient (Wildman–Crippen LogP) is 1.92. The Hall–Kier alpha value is -2.28. The molecule has 0 atom stereocenters. The number of aromatic nitrogens is 4. The maximum absolute atomic E-state index is 5.42. The number of anilines is 2. The van der Waals surface area contributed by atoms with Crippen molar-refractivity contribution in [1.82, 2.24) is 19.9 Å². The van der Waals surface area contributed by atoms with Crippen molar-refractivity contribution in [3.63, 3.8) is 0 Å². The average molecular weight is 340 g/mol. The topological polar surface area (TPSA) is 67.3 Å². The molecule has 1 fully saturated rings. The lowest BCUT2D eigenvalue weighted by Gasteiger charge is -2.28. The lowest BCUT2D eigenvalue weighted by atomic mass is 9.95. The van der Waals surface area contributed by atoms with Gasteiger partial charge in [-0.05, 0) is 0 Å². The molecule has 0 N–H and O–H groups in total. The highest BCUT2D eigenvalue weighted by molar-refractivity contribution is 5.52. The van der Waals surface area contributed by atoms with Gasteiger partial charge in [0.1, 0.15) is 23.8 Å². The third-order valence-electron chi connectivity index (χ3n) is 4.62. The van der Waals surface area contributed by atoms with Crippen molar-refractivity contribution < 1.29 is 4.74 Å². The molecule has 4 rings (SSSR count). The highest BCUT2D eigenvalue weighted by Gasteiger charge is 2.26. The summed E-state index contributed by atoms with van der Waals surface area (Å²) in [6, 6.07) is 2.06. The molecule has 2 aromatic heterocycles. The van der Waals surface area contributed by atoms with Gasteiger partial charge in [-0.15, -0.1) is 0 Å². The largest absolute Gasteiger partial charge is 0.378 e. The summed E-state index contributed by atoms with van der Waals surface area (Å²) in [5.74, 6) is 2.79. The van der Waals surface area contributed by atoms with E-state index in [2.05, 4.69) is 51.6 Å². The normalized spacial score (nSPS) is 17.7. The van der Waals surface area contributed by atoms with E-state index in [9.17, 15) is 0 Å². The predicted molar refractivity (Wildman–Crippen MR) is 95.7 cm³/mol. The van der Waals surface area contributed by atoms with Crippen LogP contribution in [0.15, 0.2) is 18.6 Å². The average Bonchev–Trinajstić information content (AvgIpc) is 3.05. The SMILES string of the molecule is CC(C)(C)c1ncc2c(n1)CN(c1cc(N3CCOCC3)ncn1)C2. The maximum atomic E-state index is 5.42. The smallest absolute Gasteiger partial charge is 0.134 e. The summed E-state index contributed by atoms with van der Waals surface area (Å²) in [5, 5.41) is 0. The van der Waals surface area contributed by atoms with Crippen LogP contribution in [0, 0.1) is 0 Å². The summed E-state index contributed by atoms with van der Waals surface area (Å²) in [4.78, 5) is 22.7. The standard InChI is InChI=1S/C18H24N6O/c1-18(2,3)17-19-9-13-10-24(11-14(13)22-17)16-8-15(20-12-21-16)23-4-6-25-7-5-23/h8-9,12H,4-7,10-11H2,1-3H3. The molecule has 25 heavy (non-hydrogen) atoms. The molecule has 0 unspecified atom stereocenters. The minimum Gasteiger partial charge on any atom is -0.378 e. The van der Waals surface area contributed by atoms with E-state index in [1.165, 1.54) is 5.56 Å². The van der Waals surface area contributed by atoms with E-state index in [0.29, 0.717) is 0 Å². The van der Waals surface area contributed by atoms with Gasteiger partial charge in [-0.25, -0.2) is 19.9 Å². The Balaban J connectivity index is 1.55. The van der Waals surface area contributed by atoms with Gasteiger partial charge in [-0.3, -0.25) is 0 Å². The summed E-state index contributed by atoms with van der Waals surface area (Å²) >= 11 is 0. The van der Waals surface area contributed by atoms with Crippen LogP contribution in [0.2, 0.25) is 0 Å². The van der Waals surface area contributed by atoms with Gasteiger partial charge >= 0.3 is 0 Å². The first-order valence-corrected chi connectivity index (χ1v) is 8.76. The zero-order chi connectivity index (χ0) is 17.4. The first-order chi connectivity index (χ1) is 12.0. The molecule has 0 spiro atoms. The lowest BCUT2D eigenvalue weighted by Crippen LogP contribution is -2.36. The van der Waals surface area contributed by atoms with E-state index < -0.39 is 0 Å². The minimum atomic E-state index is -0.0408. The van der Waals surface area contributed by atoms with Crippen molar-refractivity contribution in [2.45, 2.75) is 39.3 Å². The molecule has 4 heterocycles. The summed E-state index contributed by atoms with van der Waals surface area (Å²) in [7, 11) is 0. The fourth-order valence-corrected chi connectivity index (χ4v) is 3.15. The zero-order valence-corrected chi connectivity index (χ0v) is 15.1. The van der Waals surface area contributed by atoms with Crippen LogP contribution in [-0.2, 0) is 23.2 Å². The highest BCUT2D eigenvalue weighted by atomic mass is 16.5. The maximum Gasteiger partial charge on any atom is 0.134 e. The molecule has 0 saturated carbocycles. The van der Waals surface area contributed by atoms with E-state index in [1.54, 1.807) is 6.33 Å². The van der Waals surface area contributed by atoms with E-state index in [4.69, 9.17) is 9.72 Å². The van der Waals surface area contributed by atoms with E-state index in [-0.39, 0.29) is 5.41 Å². The van der Waals surface area contributed by atoms with Crippen LogP contribution in [0.25, 0.3) is 0 Å². The summed E-state index contributed by atoms with van der Waals surface area (Å²) < 4.78 is 5.42. The van der Waals surface area contributed by atoms with Crippen molar-refractivity contribution in [1.29, 1.82) is 0 Å². The van der Waals surface area contributed by atoms with Crippen molar-refractivity contribution in [2.24, 2.45) is 0 Å². The Morgan fingerprint density at radius 3 is 2.40 bits per heavy atom. The second-order valence-electron chi connectivity index (χ2n) is 7.61. The van der Waals surface area contributed by atoms with E-state index in [1.807, 2.05) is 6.20 Å².